The molecule has 1 N–H and O–H groups in total. The van der Waals surface area contributed by atoms with Gasteiger partial charge in [-0.05, 0) is 47.2 Å². The molecule has 2 rings (SSSR count). The molecule has 1 heterocycles. The van der Waals surface area contributed by atoms with Crippen molar-refractivity contribution in [2.24, 2.45) is 0 Å². The van der Waals surface area contributed by atoms with Crippen LogP contribution in [0.15, 0.2) is 18.2 Å². The Hall–Kier alpha value is -1.84. The third-order valence-electron chi connectivity index (χ3n) is 4.11. The molecule has 1 aliphatic heterocycles. The second-order valence-corrected chi connectivity index (χ2v) is 7.10. The quantitative estimate of drug-likeness (QED) is 0.371. The van der Waals surface area contributed by atoms with Gasteiger partial charge >= 0.3 is 5.97 Å². The van der Waals surface area contributed by atoms with Crippen molar-refractivity contribution in [2.45, 2.75) is 32.2 Å². The summed E-state index contributed by atoms with van der Waals surface area (Å²) in [6.45, 7) is 3.03. The standard InChI is InChI=1S/C18H23IN2O5/c1-3-4-9-26-16(22)11-14-17(23)20-7-8-21(14)18(24)12-5-6-15(25-2)13(19)10-12/h5-6,10,14H,3-4,7-9,11H2,1-2H3,(H,20,23). The second kappa shape index (κ2) is 9.75. The van der Waals surface area contributed by atoms with E-state index in [0.29, 0.717) is 31.0 Å². The minimum Gasteiger partial charge on any atom is -0.496 e. The monoisotopic (exact) mass is 474 g/mol. The lowest BCUT2D eigenvalue weighted by Gasteiger charge is -2.34. The van der Waals surface area contributed by atoms with Crippen LogP contribution in [0.2, 0.25) is 0 Å². The summed E-state index contributed by atoms with van der Waals surface area (Å²) in [4.78, 5) is 38.6. The molecule has 8 heteroatoms. The van der Waals surface area contributed by atoms with Crippen LogP contribution in [0.3, 0.4) is 0 Å². The SMILES string of the molecule is CCCCOC(=O)CC1C(=O)NCCN1C(=O)c1ccc(OC)c(I)c1. The van der Waals surface area contributed by atoms with Gasteiger partial charge in [-0.25, -0.2) is 0 Å². The third kappa shape index (κ3) is 5.09. The van der Waals surface area contributed by atoms with Gasteiger partial charge in [0.2, 0.25) is 5.91 Å². The van der Waals surface area contributed by atoms with Gasteiger partial charge in [0.15, 0.2) is 0 Å². The number of piperazine rings is 1. The highest BCUT2D eigenvalue weighted by atomic mass is 127. The minimum atomic E-state index is -0.856. The Balaban J connectivity index is 2.13. The molecular formula is C18H23IN2O5. The molecule has 0 radical (unpaired) electrons. The normalized spacial score (nSPS) is 16.8. The molecule has 0 aromatic heterocycles. The minimum absolute atomic E-state index is 0.144. The lowest BCUT2D eigenvalue weighted by atomic mass is 10.1. The summed E-state index contributed by atoms with van der Waals surface area (Å²) < 4.78 is 11.1. The highest BCUT2D eigenvalue weighted by Crippen LogP contribution is 2.23. The maximum absolute atomic E-state index is 12.9. The number of rotatable bonds is 7. The topological polar surface area (TPSA) is 84.9 Å². The highest BCUT2D eigenvalue weighted by Gasteiger charge is 2.35. The molecule has 1 atom stereocenters. The smallest absolute Gasteiger partial charge is 0.308 e. The fourth-order valence-electron chi connectivity index (χ4n) is 2.67. The fourth-order valence-corrected chi connectivity index (χ4v) is 3.41. The van der Waals surface area contributed by atoms with E-state index in [-0.39, 0.29) is 18.2 Å². The van der Waals surface area contributed by atoms with Gasteiger partial charge in [-0.15, -0.1) is 0 Å². The maximum Gasteiger partial charge on any atom is 0.308 e. The van der Waals surface area contributed by atoms with E-state index in [0.717, 1.165) is 16.4 Å². The van der Waals surface area contributed by atoms with Crippen LogP contribution in [0.25, 0.3) is 0 Å². The van der Waals surface area contributed by atoms with Gasteiger partial charge in [0.25, 0.3) is 5.91 Å². The molecule has 0 aliphatic carbocycles. The molecule has 1 fully saturated rings. The van der Waals surface area contributed by atoms with Crippen LogP contribution in [0.1, 0.15) is 36.5 Å². The first-order valence-corrected chi connectivity index (χ1v) is 9.63. The molecule has 1 saturated heterocycles. The van der Waals surface area contributed by atoms with Gasteiger partial charge in [-0.1, -0.05) is 13.3 Å². The second-order valence-electron chi connectivity index (χ2n) is 5.93. The number of nitrogens with zero attached hydrogens (tertiary/aromatic N) is 1. The van der Waals surface area contributed by atoms with Crippen molar-refractivity contribution in [3.05, 3.63) is 27.3 Å². The third-order valence-corrected chi connectivity index (χ3v) is 4.95. The van der Waals surface area contributed by atoms with Gasteiger partial charge in [0, 0.05) is 18.7 Å². The molecule has 0 saturated carbocycles. The number of carbonyl (C=O) groups is 3. The molecule has 1 aliphatic rings. The number of methoxy groups -OCH3 is 1. The van der Waals surface area contributed by atoms with Crippen molar-refractivity contribution in [1.29, 1.82) is 0 Å². The van der Waals surface area contributed by atoms with Crippen molar-refractivity contribution in [2.75, 3.05) is 26.8 Å². The predicted molar refractivity (Wildman–Crippen MR) is 104 cm³/mol. The molecule has 0 bridgehead atoms. The number of benzene rings is 1. The van der Waals surface area contributed by atoms with Crippen molar-refractivity contribution in [3.8, 4) is 5.75 Å². The van der Waals surface area contributed by atoms with E-state index in [1.807, 2.05) is 6.92 Å². The van der Waals surface area contributed by atoms with Crippen LogP contribution >= 0.6 is 22.6 Å². The van der Waals surface area contributed by atoms with Gasteiger partial charge in [0.1, 0.15) is 11.8 Å². The van der Waals surface area contributed by atoms with E-state index in [9.17, 15) is 14.4 Å². The van der Waals surface area contributed by atoms with Crippen LogP contribution < -0.4 is 10.1 Å². The first-order valence-electron chi connectivity index (χ1n) is 8.55. The van der Waals surface area contributed by atoms with Crippen molar-refractivity contribution in [1.82, 2.24) is 10.2 Å². The molecular weight excluding hydrogens is 451 g/mol. The summed E-state index contributed by atoms with van der Waals surface area (Å²) >= 11 is 2.09. The summed E-state index contributed by atoms with van der Waals surface area (Å²) in [5, 5.41) is 2.71. The summed E-state index contributed by atoms with van der Waals surface area (Å²) in [6.07, 6.45) is 1.54. The zero-order valence-corrected chi connectivity index (χ0v) is 17.1. The maximum atomic E-state index is 12.9. The van der Waals surface area contributed by atoms with Gasteiger partial charge in [-0.3, -0.25) is 14.4 Å². The van der Waals surface area contributed by atoms with Gasteiger partial charge in [0.05, 0.1) is 23.7 Å². The van der Waals surface area contributed by atoms with Crippen molar-refractivity contribution in [3.63, 3.8) is 0 Å². The van der Waals surface area contributed by atoms with E-state index < -0.39 is 12.0 Å². The molecule has 1 unspecified atom stereocenters. The molecule has 1 aromatic rings. The average molecular weight is 474 g/mol. The fraction of sp³-hybridized carbons (Fsp3) is 0.500. The number of carbonyl (C=O) groups excluding carboxylic acids is 3. The summed E-state index contributed by atoms with van der Waals surface area (Å²) in [6, 6.07) is 4.23. The Morgan fingerprint density at radius 2 is 2.15 bits per heavy atom. The first kappa shape index (κ1) is 20.5. The van der Waals surface area contributed by atoms with E-state index in [2.05, 4.69) is 27.9 Å². The summed E-state index contributed by atoms with van der Waals surface area (Å²) in [7, 11) is 1.56. The Labute approximate surface area is 166 Å². The summed E-state index contributed by atoms with van der Waals surface area (Å²) in [5.41, 5.74) is 0.453. The number of esters is 1. The number of ether oxygens (including phenoxy) is 2. The van der Waals surface area contributed by atoms with Crippen molar-refractivity contribution < 1.29 is 23.9 Å². The van der Waals surface area contributed by atoms with Crippen LogP contribution in [0.4, 0.5) is 0 Å². The van der Waals surface area contributed by atoms with E-state index in [4.69, 9.17) is 9.47 Å². The number of amides is 2. The first-order chi connectivity index (χ1) is 12.5. The molecule has 7 nitrogen and oxygen atoms in total. The Morgan fingerprint density at radius 3 is 2.81 bits per heavy atom. The molecule has 0 spiro atoms. The largest absolute Gasteiger partial charge is 0.496 e. The molecule has 26 heavy (non-hydrogen) atoms. The Kier molecular flexibility index (Phi) is 7.67. The van der Waals surface area contributed by atoms with Crippen LogP contribution in [0.5, 0.6) is 5.75 Å². The molecule has 142 valence electrons. The van der Waals surface area contributed by atoms with Gasteiger partial charge < -0.3 is 19.7 Å². The van der Waals surface area contributed by atoms with E-state index in [1.165, 1.54) is 4.90 Å². The molecule has 2 amide bonds. The Bertz CT molecular complexity index is 680. The van der Waals surface area contributed by atoms with Crippen molar-refractivity contribution >= 4 is 40.4 Å². The summed E-state index contributed by atoms with van der Waals surface area (Å²) in [5.74, 6) is -0.413. The van der Waals surface area contributed by atoms with Gasteiger partial charge in [-0.2, -0.15) is 0 Å². The predicted octanol–water partition coefficient (Wildman–Crippen LogP) is 1.97. The van der Waals surface area contributed by atoms with Crippen LogP contribution in [-0.2, 0) is 14.3 Å². The number of nitrogens with one attached hydrogen (secondary N) is 1. The lowest BCUT2D eigenvalue weighted by molar-refractivity contribution is -0.147. The zero-order chi connectivity index (χ0) is 19.1. The molecule has 1 aromatic carbocycles. The average Bonchev–Trinajstić information content (AvgIpc) is 2.63. The number of hydrogen-bond acceptors (Lipinski definition) is 5. The van der Waals surface area contributed by atoms with Crippen LogP contribution in [0, 0.1) is 3.57 Å². The van der Waals surface area contributed by atoms with E-state index in [1.54, 1.807) is 25.3 Å². The van der Waals surface area contributed by atoms with E-state index >= 15 is 0 Å². The lowest BCUT2D eigenvalue weighted by Crippen LogP contribution is -2.57. The highest BCUT2D eigenvalue weighted by molar-refractivity contribution is 14.1. The Morgan fingerprint density at radius 1 is 1.38 bits per heavy atom. The zero-order valence-electron chi connectivity index (χ0n) is 14.9. The number of halogens is 1. The number of unbranched alkanes of at least 4 members (excludes halogenated alkanes) is 1. The van der Waals surface area contributed by atoms with Crippen LogP contribution in [-0.4, -0.2) is 55.5 Å². The number of hydrogen-bond donors (Lipinski definition) is 1.